The molecule has 1 heterocycles. The van der Waals surface area contributed by atoms with Crippen molar-refractivity contribution in [1.82, 2.24) is 5.32 Å². The van der Waals surface area contributed by atoms with Crippen molar-refractivity contribution in [2.75, 3.05) is 13.1 Å². The van der Waals surface area contributed by atoms with E-state index in [0.717, 1.165) is 18.7 Å². The van der Waals surface area contributed by atoms with Crippen molar-refractivity contribution in [1.29, 1.82) is 0 Å². The normalized spacial score (nSPS) is 20.4. The Morgan fingerprint density at radius 3 is 2.53 bits per heavy atom. The summed E-state index contributed by atoms with van der Waals surface area (Å²) in [6.45, 7) is 4.10. The summed E-state index contributed by atoms with van der Waals surface area (Å²) >= 11 is 0. The van der Waals surface area contributed by atoms with Crippen LogP contribution in [-0.4, -0.2) is 13.1 Å². The van der Waals surface area contributed by atoms with Crippen LogP contribution in [0.5, 0.6) is 0 Å². The van der Waals surface area contributed by atoms with Gasteiger partial charge in [-0.25, -0.2) is 4.39 Å². The molecule has 1 N–H and O–H groups in total. The first-order chi connectivity index (χ1) is 6.77. The largest absolute Gasteiger partial charge is 0.313 e. The Hall–Kier alpha value is -0.860. The highest BCUT2D eigenvalue weighted by Crippen LogP contribution is 2.24. The third-order valence-corrected chi connectivity index (χ3v) is 2.63. The molecule has 0 bridgehead atoms. The molecule has 0 aliphatic carbocycles. The van der Waals surface area contributed by atoms with E-state index in [1.807, 2.05) is 12.1 Å². The minimum atomic E-state index is -0.170. The highest BCUT2D eigenvalue weighted by Gasteiger charge is 2.13. The summed E-state index contributed by atoms with van der Waals surface area (Å²) < 4.78 is 12.7. The molecule has 1 aromatic rings. The van der Waals surface area contributed by atoms with Crippen LogP contribution in [-0.2, 0) is 0 Å². The van der Waals surface area contributed by atoms with E-state index < -0.39 is 0 Å². The monoisotopic (exact) mass is 227 g/mol. The summed E-state index contributed by atoms with van der Waals surface area (Å²) in [7, 11) is 0. The fraction of sp³-hybridized carbons (Fsp3) is 0.333. The number of hydrogen-bond acceptors (Lipinski definition) is 1. The Balaban J connectivity index is 0.00000112. The number of hydrogen-bond donors (Lipinski definition) is 1. The van der Waals surface area contributed by atoms with Gasteiger partial charge in [0.1, 0.15) is 5.82 Å². The minimum absolute atomic E-state index is 0. The summed E-state index contributed by atoms with van der Waals surface area (Å²) in [6.07, 6.45) is 2.18. The van der Waals surface area contributed by atoms with E-state index in [9.17, 15) is 4.39 Å². The molecule has 1 aromatic carbocycles. The molecule has 0 spiro atoms. The van der Waals surface area contributed by atoms with Crippen LogP contribution >= 0.6 is 12.4 Å². The van der Waals surface area contributed by atoms with Crippen LogP contribution < -0.4 is 5.32 Å². The Labute approximate surface area is 95.8 Å². The molecular formula is C12H15ClFN. The fourth-order valence-electron chi connectivity index (χ4n) is 1.84. The van der Waals surface area contributed by atoms with E-state index >= 15 is 0 Å². The average Bonchev–Trinajstić information content (AvgIpc) is 2.20. The van der Waals surface area contributed by atoms with Gasteiger partial charge in [-0.2, -0.15) is 0 Å². The summed E-state index contributed by atoms with van der Waals surface area (Å²) in [6, 6.07) is 6.74. The zero-order chi connectivity index (χ0) is 9.97. The van der Waals surface area contributed by atoms with E-state index in [4.69, 9.17) is 0 Å². The predicted molar refractivity (Wildman–Crippen MR) is 63.7 cm³/mol. The minimum Gasteiger partial charge on any atom is -0.313 e. The van der Waals surface area contributed by atoms with Crippen LogP contribution in [0.25, 0.3) is 5.57 Å². The summed E-state index contributed by atoms with van der Waals surface area (Å²) in [5, 5.41) is 3.30. The lowest BCUT2D eigenvalue weighted by molar-refractivity contribution is 0.613. The van der Waals surface area contributed by atoms with Crippen LogP contribution in [0.2, 0.25) is 0 Å². The summed E-state index contributed by atoms with van der Waals surface area (Å²) in [5.74, 6) is 0.338. The quantitative estimate of drug-likeness (QED) is 0.778. The summed E-state index contributed by atoms with van der Waals surface area (Å²) in [5.41, 5.74) is 2.46. The number of benzene rings is 1. The molecule has 1 atom stereocenters. The van der Waals surface area contributed by atoms with Crippen molar-refractivity contribution in [3.63, 3.8) is 0 Å². The van der Waals surface area contributed by atoms with Gasteiger partial charge in [-0.3, -0.25) is 0 Å². The molecule has 2 rings (SSSR count). The van der Waals surface area contributed by atoms with Crippen molar-refractivity contribution >= 4 is 18.0 Å². The third kappa shape index (κ3) is 2.80. The lowest BCUT2D eigenvalue weighted by atomic mass is 9.91. The van der Waals surface area contributed by atoms with Gasteiger partial charge < -0.3 is 5.32 Å². The SMILES string of the molecule is CC1CNCC=C1c1ccc(F)cc1.Cl. The first-order valence-electron chi connectivity index (χ1n) is 4.94. The topological polar surface area (TPSA) is 12.0 Å². The smallest absolute Gasteiger partial charge is 0.123 e. The molecule has 1 unspecified atom stereocenters. The number of nitrogens with one attached hydrogen (secondary N) is 1. The molecule has 0 amide bonds. The molecule has 3 heteroatoms. The van der Waals surface area contributed by atoms with Gasteiger partial charge in [0.15, 0.2) is 0 Å². The molecule has 1 aliphatic heterocycles. The predicted octanol–water partition coefficient (Wildman–Crippen LogP) is 2.87. The Bertz CT molecular complexity index is 345. The van der Waals surface area contributed by atoms with Gasteiger partial charge in [0.25, 0.3) is 0 Å². The molecule has 0 saturated heterocycles. The number of halogens is 2. The van der Waals surface area contributed by atoms with Crippen LogP contribution in [0.3, 0.4) is 0 Å². The molecule has 15 heavy (non-hydrogen) atoms. The van der Waals surface area contributed by atoms with Gasteiger partial charge in [-0.15, -0.1) is 12.4 Å². The van der Waals surface area contributed by atoms with Gasteiger partial charge in [-0.1, -0.05) is 25.1 Å². The van der Waals surface area contributed by atoms with Gasteiger partial charge in [0, 0.05) is 13.1 Å². The van der Waals surface area contributed by atoms with Crippen molar-refractivity contribution in [2.24, 2.45) is 5.92 Å². The maximum absolute atomic E-state index is 12.7. The molecule has 1 aliphatic rings. The first kappa shape index (κ1) is 12.2. The van der Waals surface area contributed by atoms with Crippen molar-refractivity contribution in [3.05, 3.63) is 41.7 Å². The van der Waals surface area contributed by atoms with Crippen LogP contribution in [0.1, 0.15) is 12.5 Å². The highest BCUT2D eigenvalue weighted by atomic mass is 35.5. The average molecular weight is 228 g/mol. The number of rotatable bonds is 1. The molecule has 0 aromatic heterocycles. The first-order valence-corrected chi connectivity index (χ1v) is 4.94. The standard InChI is InChI=1S/C12H14FN.ClH/c1-9-8-14-7-6-12(9)10-2-4-11(13)5-3-10;/h2-6,9,14H,7-8H2,1H3;1H. The maximum atomic E-state index is 12.7. The van der Waals surface area contributed by atoms with E-state index in [2.05, 4.69) is 18.3 Å². The second-order valence-electron chi connectivity index (χ2n) is 3.73. The molecule has 0 radical (unpaired) electrons. The molecule has 1 nitrogen and oxygen atoms in total. The molecule has 0 saturated carbocycles. The molecular weight excluding hydrogens is 213 g/mol. The molecule has 82 valence electrons. The van der Waals surface area contributed by atoms with E-state index in [1.54, 1.807) is 0 Å². The highest BCUT2D eigenvalue weighted by molar-refractivity contribution is 5.85. The second-order valence-corrected chi connectivity index (χ2v) is 3.73. The van der Waals surface area contributed by atoms with E-state index in [1.165, 1.54) is 17.7 Å². The zero-order valence-corrected chi connectivity index (χ0v) is 9.48. The van der Waals surface area contributed by atoms with Crippen molar-refractivity contribution < 1.29 is 4.39 Å². The fourth-order valence-corrected chi connectivity index (χ4v) is 1.84. The van der Waals surface area contributed by atoms with Gasteiger partial charge in [0.05, 0.1) is 0 Å². The lowest BCUT2D eigenvalue weighted by Crippen LogP contribution is -2.26. The zero-order valence-electron chi connectivity index (χ0n) is 8.66. The molecule has 0 fully saturated rings. The maximum Gasteiger partial charge on any atom is 0.123 e. The Morgan fingerprint density at radius 2 is 1.93 bits per heavy atom. The van der Waals surface area contributed by atoms with Gasteiger partial charge >= 0.3 is 0 Å². The van der Waals surface area contributed by atoms with Crippen LogP contribution in [0.4, 0.5) is 4.39 Å². The van der Waals surface area contributed by atoms with Crippen LogP contribution in [0.15, 0.2) is 30.3 Å². The van der Waals surface area contributed by atoms with Crippen molar-refractivity contribution in [2.45, 2.75) is 6.92 Å². The Kier molecular flexibility index (Phi) is 4.30. The lowest BCUT2D eigenvalue weighted by Gasteiger charge is -2.21. The van der Waals surface area contributed by atoms with Crippen molar-refractivity contribution in [3.8, 4) is 0 Å². The third-order valence-electron chi connectivity index (χ3n) is 2.63. The summed E-state index contributed by atoms with van der Waals surface area (Å²) in [4.78, 5) is 0. The van der Waals surface area contributed by atoms with Gasteiger partial charge in [0.2, 0.25) is 0 Å². The van der Waals surface area contributed by atoms with E-state index in [-0.39, 0.29) is 18.2 Å². The Morgan fingerprint density at radius 1 is 1.27 bits per heavy atom. The van der Waals surface area contributed by atoms with Gasteiger partial charge in [-0.05, 0) is 29.2 Å². The second kappa shape index (κ2) is 5.29. The van der Waals surface area contributed by atoms with Crippen LogP contribution in [0, 0.1) is 11.7 Å². The van der Waals surface area contributed by atoms with E-state index in [0.29, 0.717) is 5.92 Å².